The number of nitrogens with zero attached hydrogens (tertiary/aromatic N) is 2. The predicted molar refractivity (Wildman–Crippen MR) is 80.6 cm³/mol. The van der Waals surface area contributed by atoms with Gasteiger partial charge in [-0.05, 0) is 32.2 Å². The lowest BCUT2D eigenvalue weighted by atomic mass is 9.86. The van der Waals surface area contributed by atoms with Gasteiger partial charge in [0, 0.05) is 37.6 Å². The molecule has 0 aromatic heterocycles. The van der Waals surface area contributed by atoms with E-state index in [9.17, 15) is 0 Å². The third-order valence-electron chi connectivity index (χ3n) is 4.73. The molecule has 2 fully saturated rings. The van der Waals surface area contributed by atoms with E-state index in [1.807, 2.05) is 0 Å². The number of hydrogen-bond acceptors (Lipinski definition) is 3. The van der Waals surface area contributed by atoms with Crippen LogP contribution >= 0.6 is 0 Å². The maximum absolute atomic E-state index is 7.56. The summed E-state index contributed by atoms with van der Waals surface area (Å²) in [6.45, 7) is 10.4. The highest BCUT2D eigenvalue weighted by Gasteiger charge is 2.30. The van der Waals surface area contributed by atoms with E-state index in [1.54, 1.807) is 0 Å². The first-order valence-corrected chi connectivity index (χ1v) is 7.80. The first kappa shape index (κ1) is 14.8. The Balaban J connectivity index is 1.55. The number of unbranched alkanes of at least 4 members (excludes halogenated alkanes) is 1. The van der Waals surface area contributed by atoms with E-state index in [2.05, 4.69) is 23.6 Å². The minimum absolute atomic E-state index is 0.120. The van der Waals surface area contributed by atoms with Gasteiger partial charge in [-0.2, -0.15) is 0 Å². The molecule has 0 bridgehead atoms. The second-order valence-corrected chi connectivity index (χ2v) is 6.86. The third kappa shape index (κ3) is 4.46. The van der Waals surface area contributed by atoms with Gasteiger partial charge in [-0.25, -0.2) is 0 Å². The van der Waals surface area contributed by atoms with Crippen LogP contribution in [0, 0.1) is 10.8 Å². The van der Waals surface area contributed by atoms with Crippen LogP contribution < -0.4 is 5.73 Å². The van der Waals surface area contributed by atoms with E-state index in [1.165, 1.54) is 58.4 Å². The fourth-order valence-electron chi connectivity index (χ4n) is 2.83. The highest BCUT2D eigenvalue weighted by atomic mass is 15.3. The molecule has 0 amide bonds. The van der Waals surface area contributed by atoms with Crippen molar-refractivity contribution in [3.63, 3.8) is 0 Å². The van der Waals surface area contributed by atoms with Crippen molar-refractivity contribution in [2.45, 2.75) is 52.0 Å². The summed E-state index contributed by atoms with van der Waals surface area (Å²) in [5.74, 6) is 0.325. The Morgan fingerprint density at radius 2 is 1.79 bits per heavy atom. The number of nitrogens with one attached hydrogen (secondary N) is 1. The van der Waals surface area contributed by atoms with Crippen molar-refractivity contribution in [1.82, 2.24) is 9.80 Å². The van der Waals surface area contributed by atoms with E-state index in [0.717, 1.165) is 12.5 Å². The summed E-state index contributed by atoms with van der Waals surface area (Å²) in [4.78, 5) is 5.26. The van der Waals surface area contributed by atoms with Crippen molar-refractivity contribution >= 4 is 5.84 Å². The van der Waals surface area contributed by atoms with Crippen LogP contribution in [0.15, 0.2) is 0 Å². The molecular weight excluding hydrogens is 236 g/mol. The molecule has 0 spiro atoms. The molecule has 110 valence electrons. The molecule has 0 aromatic rings. The summed E-state index contributed by atoms with van der Waals surface area (Å²) >= 11 is 0. The average molecular weight is 266 g/mol. The van der Waals surface area contributed by atoms with Gasteiger partial charge >= 0.3 is 0 Å². The quantitative estimate of drug-likeness (QED) is 0.420. The minimum atomic E-state index is -0.120. The lowest BCUT2D eigenvalue weighted by Crippen LogP contribution is -2.47. The molecule has 4 nitrogen and oxygen atoms in total. The van der Waals surface area contributed by atoms with Crippen LogP contribution in [0.3, 0.4) is 0 Å². The first-order valence-electron chi connectivity index (χ1n) is 7.80. The predicted octanol–water partition coefficient (Wildman–Crippen LogP) is 1.90. The summed E-state index contributed by atoms with van der Waals surface area (Å²) in [6.07, 6.45) is 6.31. The van der Waals surface area contributed by atoms with Crippen LogP contribution in [0.25, 0.3) is 0 Å². The number of nitrogens with two attached hydrogens (primary N) is 1. The Morgan fingerprint density at radius 1 is 1.16 bits per heavy atom. The number of piperazine rings is 1. The Bertz CT molecular complexity index is 301. The first-order chi connectivity index (χ1) is 8.99. The molecule has 1 heterocycles. The summed E-state index contributed by atoms with van der Waals surface area (Å²) in [5, 5.41) is 7.56. The molecule has 1 saturated heterocycles. The normalized spacial score (nSPS) is 22.6. The standard InChI is InChI=1S/C15H30N4/c1-15(2,14(16)17)7-3-4-8-18-9-11-19(12-10-18)13-5-6-13/h13H,3-12H2,1-2H3,(H3,16,17). The molecule has 4 heteroatoms. The Kier molecular flexibility index (Phi) is 4.85. The van der Waals surface area contributed by atoms with Crippen molar-refractivity contribution in [2.24, 2.45) is 11.1 Å². The van der Waals surface area contributed by atoms with Crippen molar-refractivity contribution in [3.05, 3.63) is 0 Å². The fourth-order valence-corrected chi connectivity index (χ4v) is 2.83. The van der Waals surface area contributed by atoms with Gasteiger partial charge < -0.3 is 10.6 Å². The van der Waals surface area contributed by atoms with Crippen LogP contribution in [0.4, 0.5) is 0 Å². The Labute approximate surface area is 117 Å². The number of hydrogen-bond donors (Lipinski definition) is 2. The maximum Gasteiger partial charge on any atom is 0.0963 e. The minimum Gasteiger partial charge on any atom is -0.387 e. The van der Waals surface area contributed by atoms with Gasteiger partial charge in [-0.15, -0.1) is 0 Å². The van der Waals surface area contributed by atoms with Crippen LogP contribution in [0.1, 0.15) is 46.0 Å². The summed E-state index contributed by atoms with van der Waals surface area (Å²) in [5.41, 5.74) is 5.49. The molecule has 2 aliphatic rings. The van der Waals surface area contributed by atoms with Crippen molar-refractivity contribution in [3.8, 4) is 0 Å². The van der Waals surface area contributed by atoms with Gasteiger partial charge in [0.05, 0.1) is 5.84 Å². The molecule has 1 aliphatic carbocycles. The topological polar surface area (TPSA) is 56.4 Å². The van der Waals surface area contributed by atoms with Crippen molar-refractivity contribution < 1.29 is 0 Å². The SMILES string of the molecule is CC(C)(CCCCN1CCN(C2CC2)CC1)C(=N)N. The zero-order valence-corrected chi connectivity index (χ0v) is 12.6. The van der Waals surface area contributed by atoms with E-state index < -0.39 is 0 Å². The van der Waals surface area contributed by atoms with Gasteiger partial charge in [0.15, 0.2) is 0 Å². The molecule has 0 radical (unpaired) electrons. The maximum atomic E-state index is 7.56. The fraction of sp³-hybridized carbons (Fsp3) is 0.933. The molecule has 0 unspecified atom stereocenters. The van der Waals surface area contributed by atoms with Gasteiger partial charge in [-0.1, -0.05) is 20.3 Å². The van der Waals surface area contributed by atoms with Crippen LogP contribution in [0.5, 0.6) is 0 Å². The monoisotopic (exact) mass is 266 g/mol. The van der Waals surface area contributed by atoms with E-state index in [0.29, 0.717) is 5.84 Å². The molecule has 19 heavy (non-hydrogen) atoms. The molecule has 2 rings (SSSR count). The molecule has 1 aliphatic heterocycles. The lowest BCUT2D eigenvalue weighted by molar-refractivity contribution is 0.124. The molecule has 1 saturated carbocycles. The molecule has 0 aromatic carbocycles. The van der Waals surface area contributed by atoms with E-state index in [4.69, 9.17) is 11.1 Å². The Hall–Kier alpha value is -0.610. The zero-order valence-electron chi connectivity index (χ0n) is 12.6. The molecular formula is C15H30N4. The van der Waals surface area contributed by atoms with Gasteiger partial charge in [0.1, 0.15) is 0 Å². The van der Waals surface area contributed by atoms with Gasteiger partial charge in [-0.3, -0.25) is 10.3 Å². The second kappa shape index (κ2) is 6.23. The second-order valence-electron chi connectivity index (χ2n) is 6.86. The zero-order chi connectivity index (χ0) is 13.9. The highest BCUT2D eigenvalue weighted by Crippen LogP contribution is 2.27. The lowest BCUT2D eigenvalue weighted by Gasteiger charge is -2.35. The van der Waals surface area contributed by atoms with Crippen molar-refractivity contribution in [2.75, 3.05) is 32.7 Å². The van der Waals surface area contributed by atoms with Crippen LogP contribution in [-0.4, -0.2) is 54.4 Å². The third-order valence-corrected chi connectivity index (χ3v) is 4.73. The summed E-state index contributed by atoms with van der Waals surface area (Å²) in [6, 6.07) is 0.929. The summed E-state index contributed by atoms with van der Waals surface area (Å²) < 4.78 is 0. The van der Waals surface area contributed by atoms with E-state index >= 15 is 0 Å². The smallest absolute Gasteiger partial charge is 0.0963 e. The summed E-state index contributed by atoms with van der Waals surface area (Å²) in [7, 11) is 0. The average Bonchev–Trinajstić information content (AvgIpc) is 3.19. The largest absolute Gasteiger partial charge is 0.387 e. The Morgan fingerprint density at radius 3 is 2.32 bits per heavy atom. The van der Waals surface area contributed by atoms with Gasteiger partial charge in [0.25, 0.3) is 0 Å². The van der Waals surface area contributed by atoms with Crippen LogP contribution in [0.2, 0.25) is 0 Å². The van der Waals surface area contributed by atoms with Gasteiger partial charge in [0.2, 0.25) is 0 Å². The number of rotatable bonds is 7. The highest BCUT2D eigenvalue weighted by molar-refractivity contribution is 5.82. The molecule has 0 atom stereocenters. The van der Waals surface area contributed by atoms with Crippen molar-refractivity contribution in [1.29, 1.82) is 5.41 Å². The van der Waals surface area contributed by atoms with Crippen LogP contribution in [-0.2, 0) is 0 Å². The van der Waals surface area contributed by atoms with E-state index in [-0.39, 0.29) is 5.41 Å². The molecule has 3 N–H and O–H groups in total. The number of amidine groups is 1.